The molecule has 0 aliphatic carbocycles. The third kappa shape index (κ3) is 2.86. The van der Waals surface area contributed by atoms with Crippen LogP contribution in [-0.2, 0) is 0 Å². The smallest absolute Gasteiger partial charge is 0.141 e. The minimum Gasteiger partial charge on any atom is -0.496 e. The second kappa shape index (κ2) is 6.37. The van der Waals surface area contributed by atoms with Crippen molar-refractivity contribution in [2.75, 3.05) is 14.2 Å². The summed E-state index contributed by atoms with van der Waals surface area (Å²) in [5.74, 6) is 0.207. The van der Waals surface area contributed by atoms with Crippen LogP contribution in [0, 0.1) is 12.7 Å². The molecule has 0 saturated heterocycles. The van der Waals surface area contributed by atoms with Crippen LogP contribution in [0.15, 0.2) is 40.9 Å². The molecule has 1 N–H and O–H groups in total. The maximum absolute atomic E-state index is 13.6. The number of halogens is 2. The van der Waals surface area contributed by atoms with Crippen molar-refractivity contribution in [2.24, 2.45) is 0 Å². The molecule has 4 heteroatoms. The highest BCUT2D eigenvalue weighted by Gasteiger charge is 2.20. The number of benzene rings is 2. The van der Waals surface area contributed by atoms with Gasteiger partial charge in [0.05, 0.1) is 17.6 Å². The van der Waals surface area contributed by atoms with Gasteiger partial charge in [0.15, 0.2) is 0 Å². The fourth-order valence-electron chi connectivity index (χ4n) is 2.34. The fourth-order valence-corrected chi connectivity index (χ4v) is 2.70. The summed E-state index contributed by atoms with van der Waals surface area (Å²) < 4.78 is 19.4. The Morgan fingerprint density at radius 3 is 2.50 bits per heavy atom. The molecule has 0 fully saturated rings. The first-order valence-electron chi connectivity index (χ1n) is 6.34. The van der Waals surface area contributed by atoms with E-state index in [0.717, 1.165) is 11.1 Å². The van der Waals surface area contributed by atoms with Crippen LogP contribution in [0.25, 0.3) is 0 Å². The number of methoxy groups -OCH3 is 1. The quantitative estimate of drug-likeness (QED) is 0.902. The van der Waals surface area contributed by atoms with E-state index in [-0.39, 0.29) is 11.9 Å². The van der Waals surface area contributed by atoms with Crippen molar-refractivity contribution in [1.82, 2.24) is 5.32 Å². The molecular formula is C16H17BrFNO. The highest BCUT2D eigenvalue weighted by molar-refractivity contribution is 9.10. The Labute approximate surface area is 127 Å². The Balaban J connectivity index is 2.58. The molecule has 0 aliphatic heterocycles. The lowest BCUT2D eigenvalue weighted by Gasteiger charge is -2.22. The zero-order valence-corrected chi connectivity index (χ0v) is 13.3. The second-order valence-electron chi connectivity index (χ2n) is 4.59. The number of aryl methyl sites for hydroxylation is 1. The van der Waals surface area contributed by atoms with Crippen molar-refractivity contribution in [3.8, 4) is 5.75 Å². The predicted octanol–water partition coefficient (Wildman–Crippen LogP) is 4.21. The molecule has 106 valence electrons. The lowest BCUT2D eigenvalue weighted by atomic mass is 9.94. The first-order valence-corrected chi connectivity index (χ1v) is 7.13. The number of rotatable bonds is 4. The SMILES string of the molecule is CNC(c1ccccc1C)c1cc(Br)c(F)cc1OC. The lowest BCUT2D eigenvalue weighted by Crippen LogP contribution is -2.19. The maximum Gasteiger partial charge on any atom is 0.141 e. The zero-order valence-electron chi connectivity index (χ0n) is 11.7. The minimum atomic E-state index is -0.328. The molecule has 2 aromatic rings. The topological polar surface area (TPSA) is 21.3 Å². The molecule has 20 heavy (non-hydrogen) atoms. The first kappa shape index (κ1) is 15.0. The highest BCUT2D eigenvalue weighted by atomic mass is 79.9. The van der Waals surface area contributed by atoms with E-state index in [2.05, 4.69) is 40.3 Å². The summed E-state index contributed by atoms with van der Waals surface area (Å²) in [6.45, 7) is 2.06. The van der Waals surface area contributed by atoms with Crippen LogP contribution < -0.4 is 10.1 Å². The van der Waals surface area contributed by atoms with Crippen molar-refractivity contribution < 1.29 is 9.13 Å². The molecule has 2 rings (SSSR count). The van der Waals surface area contributed by atoms with Crippen LogP contribution in [0.1, 0.15) is 22.7 Å². The van der Waals surface area contributed by atoms with E-state index in [4.69, 9.17) is 4.74 Å². The molecule has 1 unspecified atom stereocenters. The molecule has 0 spiro atoms. The first-order chi connectivity index (χ1) is 9.58. The van der Waals surface area contributed by atoms with E-state index in [1.165, 1.54) is 11.6 Å². The number of hydrogen-bond acceptors (Lipinski definition) is 2. The molecule has 2 nitrogen and oxygen atoms in total. The van der Waals surface area contributed by atoms with E-state index in [1.54, 1.807) is 13.2 Å². The van der Waals surface area contributed by atoms with E-state index in [0.29, 0.717) is 10.2 Å². The molecule has 0 bridgehead atoms. The third-order valence-corrected chi connectivity index (χ3v) is 3.98. The van der Waals surface area contributed by atoms with Crippen LogP contribution in [-0.4, -0.2) is 14.2 Å². The molecule has 0 amide bonds. The van der Waals surface area contributed by atoms with Crippen LogP contribution >= 0.6 is 15.9 Å². The Hall–Kier alpha value is -1.39. The minimum absolute atomic E-state index is 0.0527. The summed E-state index contributed by atoms with van der Waals surface area (Å²) in [5.41, 5.74) is 3.22. The predicted molar refractivity (Wildman–Crippen MR) is 82.7 cm³/mol. The molecule has 0 aromatic heterocycles. The van der Waals surface area contributed by atoms with Crippen molar-refractivity contribution in [2.45, 2.75) is 13.0 Å². The maximum atomic E-state index is 13.6. The van der Waals surface area contributed by atoms with Gasteiger partial charge in [0.1, 0.15) is 11.6 Å². The van der Waals surface area contributed by atoms with Crippen molar-refractivity contribution in [3.05, 3.63) is 63.4 Å². The average Bonchev–Trinajstić information content (AvgIpc) is 2.45. The van der Waals surface area contributed by atoms with Gasteiger partial charge in [0.2, 0.25) is 0 Å². The summed E-state index contributed by atoms with van der Waals surface area (Å²) in [7, 11) is 3.44. The van der Waals surface area contributed by atoms with Gasteiger partial charge in [0.25, 0.3) is 0 Å². The highest BCUT2D eigenvalue weighted by Crippen LogP contribution is 2.34. The van der Waals surface area contributed by atoms with Gasteiger partial charge in [-0.05, 0) is 47.1 Å². The Morgan fingerprint density at radius 1 is 1.20 bits per heavy atom. The lowest BCUT2D eigenvalue weighted by molar-refractivity contribution is 0.401. The molecule has 0 heterocycles. The van der Waals surface area contributed by atoms with E-state index >= 15 is 0 Å². The van der Waals surface area contributed by atoms with Crippen LogP contribution in [0.3, 0.4) is 0 Å². The Morgan fingerprint density at radius 2 is 1.90 bits per heavy atom. The monoisotopic (exact) mass is 337 g/mol. The number of ether oxygens (including phenoxy) is 1. The van der Waals surface area contributed by atoms with Gasteiger partial charge in [-0.25, -0.2) is 4.39 Å². The summed E-state index contributed by atoms with van der Waals surface area (Å²) in [4.78, 5) is 0. The van der Waals surface area contributed by atoms with Crippen molar-refractivity contribution >= 4 is 15.9 Å². The average molecular weight is 338 g/mol. The zero-order chi connectivity index (χ0) is 14.7. The third-order valence-electron chi connectivity index (χ3n) is 3.37. The van der Waals surface area contributed by atoms with Crippen molar-refractivity contribution in [1.29, 1.82) is 0 Å². The van der Waals surface area contributed by atoms with Gasteiger partial charge in [-0.1, -0.05) is 24.3 Å². The van der Waals surface area contributed by atoms with Crippen LogP contribution in [0.5, 0.6) is 5.75 Å². The van der Waals surface area contributed by atoms with Gasteiger partial charge >= 0.3 is 0 Å². The van der Waals surface area contributed by atoms with Crippen LogP contribution in [0.2, 0.25) is 0 Å². The van der Waals surface area contributed by atoms with Gasteiger partial charge in [-0.3, -0.25) is 0 Å². The summed E-state index contributed by atoms with van der Waals surface area (Å²) >= 11 is 3.24. The van der Waals surface area contributed by atoms with E-state index < -0.39 is 0 Å². The molecular weight excluding hydrogens is 321 g/mol. The molecule has 0 aliphatic rings. The number of hydrogen-bond donors (Lipinski definition) is 1. The Kier molecular flexibility index (Phi) is 4.78. The summed E-state index contributed by atoms with van der Waals surface area (Å²) in [5, 5.41) is 3.27. The van der Waals surface area contributed by atoms with Gasteiger partial charge in [0, 0.05) is 11.6 Å². The van der Waals surface area contributed by atoms with E-state index in [9.17, 15) is 4.39 Å². The summed E-state index contributed by atoms with van der Waals surface area (Å²) in [6, 6.07) is 11.2. The molecule has 1 atom stereocenters. The second-order valence-corrected chi connectivity index (χ2v) is 5.44. The molecule has 0 saturated carbocycles. The van der Waals surface area contributed by atoms with E-state index in [1.807, 2.05) is 19.2 Å². The fraction of sp³-hybridized carbons (Fsp3) is 0.250. The largest absolute Gasteiger partial charge is 0.496 e. The van der Waals surface area contributed by atoms with Gasteiger partial charge in [-0.15, -0.1) is 0 Å². The summed E-state index contributed by atoms with van der Waals surface area (Å²) in [6.07, 6.45) is 0. The number of nitrogens with one attached hydrogen (secondary N) is 1. The van der Waals surface area contributed by atoms with Crippen molar-refractivity contribution in [3.63, 3.8) is 0 Å². The molecule has 0 radical (unpaired) electrons. The van der Waals surface area contributed by atoms with Gasteiger partial charge < -0.3 is 10.1 Å². The van der Waals surface area contributed by atoms with Gasteiger partial charge in [-0.2, -0.15) is 0 Å². The normalized spacial score (nSPS) is 12.2. The van der Waals surface area contributed by atoms with Crippen LogP contribution in [0.4, 0.5) is 4.39 Å². The Bertz CT molecular complexity index is 615. The standard InChI is InChI=1S/C16H17BrFNO/c1-10-6-4-5-7-11(10)16(19-2)12-8-13(17)14(18)9-15(12)20-3/h4-9,16,19H,1-3H3. The molecule has 2 aromatic carbocycles.